The number of methoxy groups -OCH3 is 1. The third-order valence-corrected chi connectivity index (χ3v) is 6.75. The van der Waals surface area contributed by atoms with Crippen LogP contribution >= 0.6 is 0 Å². The number of carbonyl (C=O) groups excluding carboxylic acids is 1. The number of nitrogens with one attached hydrogen (secondary N) is 2. The predicted molar refractivity (Wildman–Crippen MR) is 110 cm³/mol. The second-order valence-corrected chi connectivity index (χ2v) is 8.61. The van der Waals surface area contributed by atoms with Crippen molar-refractivity contribution in [2.75, 3.05) is 7.11 Å². The van der Waals surface area contributed by atoms with E-state index in [-0.39, 0.29) is 11.4 Å². The Balaban J connectivity index is 2.15. The first-order valence-electron chi connectivity index (χ1n) is 9.07. The maximum Gasteiger partial charge on any atom is 0.241 e. The van der Waals surface area contributed by atoms with Crippen molar-refractivity contribution in [2.24, 2.45) is 0 Å². The number of aryl methyl sites for hydroxylation is 2. The Morgan fingerprint density at radius 2 is 1.64 bits per heavy atom. The molecule has 2 rings (SSSR count). The molecule has 0 aliphatic carbocycles. The number of para-hydroxylation sites is 1. The van der Waals surface area contributed by atoms with Crippen molar-refractivity contribution in [2.45, 2.75) is 52.1 Å². The van der Waals surface area contributed by atoms with Crippen LogP contribution in [0, 0.1) is 27.7 Å². The largest absolute Gasteiger partial charge is 0.496 e. The highest BCUT2D eigenvalue weighted by atomic mass is 32.2. The van der Waals surface area contributed by atoms with E-state index in [1.807, 2.05) is 38.1 Å². The van der Waals surface area contributed by atoms with Crippen LogP contribution in [0.15, 0.2) is 35.2 Å². The molecule has 0 aliphatic heterocycles. The minimum atomic E-state index is -3.84. The third-order valence-electron chi connectivity index (χ3n) is 4.94. The van der Waals surface area contributed by atoms with E-state index in [1.54, 1.807) is 27.0 Å². The van der Waals surface area contributed by atoms with Gasteiger partial charge in [-0.15, -0.1) is 0 Å². The molecule has 6 nitrogen and oxygen atoms in total. The van der Waals surface area contributed by atoms with Gasteiger partial charge in [0.25, 0.3) is 0 Å². The van der Waals surface area contributed by atoms with Gasteiger partial charge in [0.1, 0.15) is 5.75 Å². The maximum absolute atomic E-state index is 13.0. The fraction of sp³-hybridized carbons (Fsp3) is 0.381. The molecular weight excluding hydrogens is 376 g/mol. The summed E-state index contributed by atoms with van der Waals surface area (Å²) in [4.78, 5) is 12.7. The van der Waals surface area contributed by atoms with Gasteiger partial charge in [-0.2, -0.15) is 4.72 Å². The summed E-state index contributed by atoms with van der Waals surface area (Å²) in [5.74, 6) is 0.256. The molecule has 2 aromatic carbocycles. The Labute approximate surface area is 167 Å². The number of ether oxygens (including phenoxy) is 1. The van der Waals surface area contributed by atoms with Crippen molar-refractivity contribution in [3.63, 3.8) is 0 Å². The highest BCUT2D eigenvalue weighted by Gasteiger charge is 2.26. The summed E-state index contributed by atoms with van der Waals surface area (Å²) in [5.41, 5.74) is 4.00. The van der Waals surface area contributed by atoms with E-state index in [0.717, 1.165) is 16.7 Å². The van der Waals surface area contributed by atoms with Gasteiger partial charge in [-0.25, -0.2) is 8.42 Å². The van der Waals surface area contributed by atoms with Crippen LogP contribution < -0.4 is 14.8 Å². The summed E-state index contributed by atoms with van der Waals surface area (Å²) in [5, 5.41) is 2.75. The summed E-state index contributed by atoms with van der Waals surface area (Å²) in [6.45, 7) is 9.10. The van der Waals surface area contributed by atoms with Crippen molar-refractivity contribution >= 4 is 15.9 Å². The monoisotopic (exact) mass is 404 g/mol. The Bertz CT molecular complexity index is 958. The Morgan fingerprint density at radius 3 is 2.21 bits per heavy atom. The molecule has 0 spiro atoms. The van der Waals surface area contributed by atoms with E-state index in [2.05, 4.69) is 10.0 Å². The summed E-state index contributed by atoms with van der Waals surface area (Å²) in [6, 6.07) is 8.39. The smallest absolute Gasteiger partial charge is 0.241 e. The number of rotatable bonds is 7. The topological polar surface area (TPSA) is 84.5 Å². The van der Waals surface area contributed by atoms with Crippen molar-refractivity contribution < 1.29 is 17.9 Å². The lowest BCUT2D eigenvalue weighted by atomic mass is 10.0. The molecule has 28 heavy (non-hydrogen) atoms. The Morgan fingerprint density at radius 1 is 1.07 bits per heavy atom. The molecular formula is C21H28N2O4S. The van der Waals surface area contributed by atoms with Gasteiger partial charge in [-0.3, -0.25) is 4.79 Å². The fourth-order valence-corrected chi connectivity index (χ4v) is 4.93. The lowest BCUT2D eigenvalue weighted by Crippen LogP contribution is -2.44. The average molecular weight is 405 g/mol. The highest BCUT2D eigenvalue weighted by Crippen LogP contribution is 2.26. The van der Waals surface area contributed by atoms with Gasteiger partial charge in [-0.05, 0) is 62.9 Å². The minimum Gasteiger partial charge on any atom is -0.496 e. The number of hydrogen-bond acceptors (Lipinski definition) is 4. The van der Waals surface area contributed by atoms with Crippen molar-refractivity contribution in [1.29, 1.82) is 0 Å². The normalized spacial score (nSPS) is 12.5. The zero-order chi connectivity index (χ0) is 21.1. The van der Waals surface area contributed by atoms with E-state index >= 15 is 0 Å². The molecule has 0 heterocycles. The summed E-state index contributed by atoms with van der Waals surface area (Å²) >= 11 is 0. The molecule has 0 radical (unpaired) electrons. The molecule has 0 aliphatic rings. The second kappa shape index (κ2) is 8.75. The van der Waals surface area contributed by atoms with Gasteiger partial charge in [0.15, 0.2) is 0 Å². The molecule has 1 atom stereocenters. The van der Waals surface area contributed by atoms with Gasteiger partial charge in [0, 0.05) is 12.1 Å². The predicted octanol–water partition coefficient (Wildman–Crippen LogP) is 2.91. The maximum atomic E-state index is 13.0. The van der Waals surface area contributed by atoms with Crippen LogP contribution in [0.5, 0.6) is 5.75 Å². The first kappa shape index (κ1) is 21.9. The number of hydrogen-bond donors (Lipinski definition) is 2. The average Bonchev–Trinajstić information content (AvgIpc) is 2.64. The van der Waals surface area contributed by atoms with E-state index in [0.29, 0.717) is 16.9 Å². The summed E-state index contributed by atoms with van der Waals surface area (Å²) in [7, 11) is -2.28. The van der Waals surface area contributed by atoms with Crippen LogP contribution in [0.1, 0.15) is 34.7 Å². The summed E-state index contributed by atoms with van der Waals surface area (Å²) < 4.78 is 33.7. The number of carbonyl (C=O) groups is 1. The molecule has 1 amide bonds. The van der Waals surface area contributed by atoms with Crippen molar-refractivity contribution in [1.82, 2.24) is 10.0 Å². The molecule has 0 fully saturated rings. The first-order valence-corrected chi connectivity index (χ1v) is 10.6. The highest BCUT2D eigenvalue weighted by molar-refractivity contribution is 7.89. The van der Waals surface area contributed by atoms with Crippen LogP contribution in [0.2, 0.25) is 0 Å². The zero-order valence-corrected chi connectivity index (χ0v) is 18.0. The molecule has 0 bridgehead atoms. The number of amides is 1. The quantitative estimate of drug-likeness (QED) is 0.743. The number of sulfonamides is 1. The van der Waals surface area contributed by atoms with Gasteiger partial charge in [0.2, 0.25) is 15.9 Å². The second-order valence-electron chi connectivity index (χ2n) is 6.96. The van der Waals surface area contributed by atoms with Gasteiger partial charge < -0.3 is 10.1 Å². The van der Waals surface area contributed by atoms with E-state index in [9.17, 15) is 13.2 Å². The Hall–Kier alpha value is -2.38. The van der Waals surface area contributed by atoms with Crippen LogP contribution in [0.4, 0.5) is 0 Å². The SMILES string of the molecule is COc1ccccc1CNC(=O)[C@H](C)NS(=O)(=O)c1c(C)c(C)cc(C)c1C. The van der Waals surface area contributed by atoms with E-state index in [1.165, 1.54) is 6.92 Å². The summed E-state index contributed by atoms with van der Waals surface area (Å²) in [6.07, 6.45) is 0. The molecule has 0 saturated carbocycles. The van der Waals surface area contributed by atoms with Gasteiger partial charge in [0.05, 0.1) is 18.0 Å². The fourth-order valence-electron chi connectivity index (χ4n) is 3.11. The molecule has 7 heteroatoms. The third kappa shape index (κ3) is 4.72. The van der Waals surface area contributed by atoms with Gasteiger partial charge >= 0.3 is 0 Å². The zero-order valence-electron chi connectivity index (χ0n) is 17.2. The standard InChI is InChI=1S/C21H28N2O4S/c1-13-11-14(2)16(4)20(15(13)3)28(25,26)23-17(5)21(24)22-12-18-9-7-8-10-19(18)27-6/h7-11,17,23H,12H2,1-6H3,(H,22,24)/t17-/m0/s1. The molecule has 152 valence electrons. The molecule has 0 saturated heterocycles. The molecule has 0 unspecified atom stereocenters. The number of benzene rings is 2. The lowest BCUT2D eigenvalue weighted by Gasteiger charge is -2.19. The van der Waals surface area contributed by atoms with Crippen LogP contribution in [0.3, 0.4) is 0 Å². The first-order chi connectivity index (χ1) is 13.1. The molecule has 0 aromatic heterocycles. The van der Waals surface area contributed by atoms with Crippen LogP contribution in [-0.2, 0) is 21.4 Å². The van der Waals surface area contributed by atoms with E-state index in [4.69, 9.17) is 4.74 Å². The minimum absolute atomic E-state index is 0.245. The van der Waals surface area contributed by atoms with Crippen LogP contribution in [-0.4, -0.2) is 27.5 Å². The van der Waals surface area contributed by atoms with Crippen molar-refractivity contribution in [3.8, 4) is 5.75 Å². The van der Waals surface area contributed by atoms with E-state index < -0.39 is 22.0 Å². The lowest BCUT2D eigenvalue weighted by molar-refractivity contribution is -0.122. The van der Waals surface area contributed by atoms with Gasteiger partial charge in [-0.1, -0.05) is 24.3 Å². The van der Waals surface area contributed by atoms with Crippen molar-refractivity contribution in [3.05, 3.63) is 58.1 Å². The molecule has 2 aromatic rings. The van der Waals surface area contributed by atoms with Crippen LogP contribution in [0.25, 0.3) is 0 Å². The Kier molecular flexibility index (Phi) is 6.85. The molecule has 2 N–H and O–H groups in total.